The van der Waals surface area contributed by atoms with Gasteiger partial charge in [0.1, 0.15) is 18.5 Å². The SMILES string of the molecule is COc1ccc2c(c1)C(C)(C)C(=CC=CC1=[N+](C)c3ccc(OC)cc3C1(C)C)N2C.[3H-]. The maximum absolute atomic E-state index is 5.46. The fraction of sp³-hybridized carbons (Fsp3) is 0.370. The van der Waals surface area contributed by atoms with Crippen LogP contribution in [0.4, 0.5) is 11.4 Å². The van der Waals surface area contributed by atoms with Gasteiger partial charge >= 0.3 is 0 Å². The van der Waals surface area contributed by atoms with Crippen LogP contribution in [0, 0.1) is 0 Å². The molecule has 0 radical (unpaired) electrons. The lowest BCUT2D eigenvalue weighted by molar-refractivity contribution is -0.401. The van der Waals surface area contributed by atoms with Crippen LogP contribution in [0.3, 0.4) is 0 Å². The van der Waals surface area contributed by atoms with Crippen molar-refractivity contribution in [1.29, 1.82) is 0 Å². The molecule has 4 rings (SSSR count). The van der Waals surface area contributed by atoms with Crippen LogP contribution in [0.5, 0.6) is 11.5 Å². The monoisotopic (exact) mass is 420 g/mol. The highest BCUT2D eigenvalue weighted by molar-refractivity contribution is 6.03. The topological polar surface area (TPSA) is 24.7 Å². The Morgan fingerprint density at radius 2 is 1.52 bits per heavy atom. The van der Waals surface area contributed by atoms with Gasteiger partial charge in [0.2, 0.25) is 5.69 Å². The first-order chi connectivity index (χ1) is 14.6. The fourth-order valence-corrected chi connectivity index (χ4v) is 5.12. The summed E-state index contributed by atoms with van der Waals surface area (Å²) in [6.45, 7) is 9.09. The van der Waals surface area contributed by atoms with E-state index in [-0.39, 0.29) is 12.3 Å². The van der Waals surface area contributed by atoms with Crippen molar-refractivity contribution < 1.29 is 15.5 Å². The summed E-state index contributed by atoms with van der Waals surface area (Å²) >= 11 is 0. The number of hydrogen-bond acceptors (Lipinski definition) is 3. The van der Waals surface area contributed by atoms with Crippen molar-refractivity contribution in [3.63, 3.8) is 0 Å². The minimum atomic E-state index is -0.0962. The Labute approximate surface area is 187 Å². The zero-order valence-electron chi connectivity index (χ0n) is 20.9. The van der Waals surface area contributed by atoms with Gasteiger partial charge in [-0.05, 0) is 55.8 Å². The summed E-state index contributed by atoms with van der Waals surface area (Å²) in [6, 6.07) is 12.7. The summed E-state index contributed by atoms with van der Waals surface area (Å²) in [5.74, 6) is 1.80. The van der Waals surface area contributed by atoms with E-state index in [9.17, 15) is 0 Å². The van der Waals surface area contributed by atoms with E-state index in [1.54, 1.807) is 14.2 Å². The van der Waals surface area contributed by atoms with Crippen LogP contribution in [0.1, 0.15) is 40.2 Å². The van der Waals surface area contributed by atoms with Crippen LogP contribution in [0.25, 0.3) is 0 Å². The third-order valence-corrected chi connectivity index (χ3v) is 6.99. The third kappa shape index (κ3) is 3.16. The molecule has 4 nitrogen and oxygen atoms in total. The second-order valence-corrected chi connectivity index (χ2v) is 9.43. The highest BCUT2D eigenvalue weighted by atomic mass is 16.5. The zero-order valence-corrected chi connectivity index (χ0v) is 19.9. The molecule has 0 saturated heterocycles. The minimum Gasteiger partial charge on any atom is -1.00 e. The molecule has 0 aliphatic carbocycles. The molecule has 2 aromatic rings. The van der Waals surface area contributed by atoms with E-state index in [0.29, 0.717) is 0 Å². The molecule has 0 aromatic heterocycles. The molecule has 31 heavy (non-hydrogen) atoms. The molecule has 0 unspecified atom stereocenters. The second-order valence-electron chi connectivity index (χ2n) is 9.43. The van der Waals surface area contributed by atoms with Crippen LogP contribution in [-0.4, -0.2) is 38.6 Å². The summed E-state index contributed by atoms with van der Waals surface area (Å²) in [6.07, 6.45) is 6.67. The van der Waals surface area contributed by atoms with Crippen molar-refractivity contribution in [2.45, 2.75) is 38.5 Å². The summed E-state index contributed by atoms with van der Waals surface area (Å²) in [5.41, 5.74) is 7.39. The lowest BCUT2D eigenvalue weighted by Gasteiger charge is -2.23. The predicted octanol–water partition coefficient (Wildman–Crippen LogP) is 5.69. The van der Waals surface area contributed by atoms with Gasteiger partial charge in [0.05, 0.1) is 19.6 Å². The largest absolute Gasteiger partial charge is 1.00 e. The van der Waals surface area contributed by atoms with Gasteiger partial charge < -0.3 is 15.8 Å². The van der Waals surface area contributed by atoms with Gasteiger partial charge in [-0.3, -0.25) is 0 Å². The standard InChI is InChI=1S/C27H33N2O2.H/c1-26(2)20-16-18(30-7)12-14-22(20)28(5)24(26)10-9-11-25-27(3,4)21-17-19(31-8)13-15-23(21)29(25)6;/h9-17H,1-8H3;/q+1;-1/i;1+2. The Balaban J connectivity index is 0.00000289. The van der Waals surface area contributed by atoms with Crippen molar-refractivity contribution >= 4 is 17.1 Å². The maximum Gasteiger partial charge on any atom is 0.209 e. The van der Waals surface area contributed by atoms with Gasteiger partial charge in [-0.15, -0.1) is 0 Å². The van der Waals surface area contributed by atoms with E-state index in [2.05, 4.69) is 93.8 Å². The quantitative estimate of drug-likeness (QED) is 0.594. The molecule has 0 fully saturated rings. The van der Waals surface area contributed by atoms with Gasteiger partial charge in [-0.1, -0.05) is 19.9 Å². The van der Waals surface area contributed by atoms with Gasteiger partial charge in [0, 0.05) is 41.6 Å². The van der Waals surface area contributed by atoms with Gasteiger partial charge in [-0.25, -0.2) is 0 Å². The van der Waals surface area contributed by atoms with E-state index in [4.69, 9.17) is 9.47 Å². The van der Waals surface area contributed by atoms with Crippen LogP contribution < -0.4 is 14.4 Å². The minimum absolute atomic E-state index is 0. The normalized spacial score (nSPS) is 19.9. The number of methoxy groups -OCH3 is 2. The molecule has 164 valence electrons. The van der Waals surface area contributed by atoms with Crippen LogP contribution >= 0.6 is 0 Å². The number of fused-ring (bicyclic) bond motifs is 2. The molecule has 0 saturated carbocycles. The van der Waals surface area contributed by atoms with E-state index in [0.717, 1.165) is 11.5 Å². The first-order valence-electron chi connectivity index (χ1n) is 10.7. The molecular weight excluding hydrogens is 384 g/mol. The van der Waals surface area contributed by atoms with Crippen LogP contribution in [0.15, 0.2) is 60.3 Å². The number of likely N-dealkylation sites (N-methyl/N-ethyl adjacent to an activating group) is 1. The van der Waals surface area contributed by atoms with Crippen molar-refractivity contribution in [1.82, 2.24) is 0 Å². The molecular formula is C27H34N2O2. The Morgan fingerprint density at radius 3 is 2.16 bits per heavy atom. The molecule has 2 heterocycles. The van der Waals surface area contributed by atoms with E-state index < -0.39 is 0 Å². The lowest BCUT2D eigenvalue weighted by Crippen LogP contribution is -2.26. The van der Waals surface area contributed by atoms with Gasteiger partial charge in [-0.2, -0.15) is 4.58 Å². The summed E-state index contributed by atoms with van der Waals surface area (Å²) in [5, 5.41) is 0. The van der Waals surface area contributed by atoms with Gasteiger partial charge in [0.25, 0.3) is 0 Å². The number of nitrogens with zero attached hydrogens (tertiary/aromatic N) is 2. The van der Waals surface area contributed by atoms with Crippen molar-refractivity contribution in [3.8, 4) is 11.5 Å². The summed E-state index contributed by atoms with van der Waals surface area (Å²) < 4.78 is 13.2. The van der Waals surface area contributed by atoms with E-state index in [1.807, 2.05) is 12.1 Å². The average Bonchev–Trinajstić information content (AvgIpc) is 3.06. The molecule has 4 heteroatoms. The molecule has 0 bridgehead atoms. The highest BCUT2D eigenvalue weighted by Crippen LogP contribution is 2.48. The Hall–Kier alpha value is -3.01. The van der Waals surface area contributed by atoms with E-state index >= 15 is 0 Å². The Morgan fingerprint density at radius 1 is 0.903 bits per heavy atom. The summed E-state index contributed by atoms with van der Waals surface area (Å²) in [4.78, 5) is 2.28. The Kier molecular flexibility index (Phi) is 5.00. The fourth-order valence-electron chi connectivity index (χ4n) is 5.12. The second kappa shape index (κ2) is 7.30. The van der Waals surface area contributed by atoms with E-state index in [1.165, 1.54) is 33.9 Å². The lowest BCUT2D eigenvalue weighted by atomic mass is 9.81. The molecule has 0 amide bonds. The molecule has 0 spiro atoms. The van der Waals surface area contributed by atoms with Crippen LogP contribution in [-0.2, 0) is 10.8 Å². The first-order valence-corrected chi connectivity index (χ1v) is 10.7. The van der Waals surface area contributed by atoms with Crippen molar-refractivity contribution in [3.05, 3.63) is 71.5 Å². The highest BCUT2D eigenvalue weighted by Gasteiger charge is 2.43. The number of benzene rings is 2. The number of ether oxygens (including phenoxy) is 2. The van der Waals surface area contributed by atoms with Crippen molar-refractivity contribution in [2.24, 2.45) is 0 Å². The molecule has 2 aromatic carbocycles. The molecule has 0 atom stereocenters. The van der Waals surface area contributed by atoms with Crippen LogP contribution in [0.2, 0.25) is 0 Å². The smallest absolute Gasteiger partial charge is 0.209 e. The number of hydrogen-bond donors (Lipinski definition) is 0. The van der Waals surface area contributed by atoms with Gasteiger partial charge in [0.15, 0.2) is 5.71 Å². The average molecular weight is 421 g/mol. The third-order valence-electron chi connectivity index (χ3n) is 6.99. The molecule has 0 N–H and O–H groups in total. The first kappa shape index (κ1) is 21.2. The van der Waals surface area contributed by atoms with Crippen molar-refractivity contribution in [2.75, 3.05) is 33.2 Å². The number of anilines is 1. The maximum atomic E-state index is 5.46. The molecule has 2 aliphatic rings. The Bertz CT molecular complexity index is 1140. The number of allylic oxidation sites excluding steroid dienone is 4. The molecule has 2 aliphatic heterocycles. The predicted molar refractivity (Wildman–Crippen MR) is 130 cm³/mol. The zero-order chi connectivity index (χ0) is 22.6. The number of rotatable bonds is 4. The summed E-state index contributed by atoms with van der Waals surface area (Å²) in [7, 11) is 7.72.